The first kappa shape index (κ1) is 11.8. The Morgan fingerprint density at radius 3 is 2.75 bits per heavy atom. The Morgan fingerprint density at radius 1 is 1.31 bits per heavy atom. The largest absolute Gasteiger partial charge is 0.370 e. The van der Waals surface area contributed by atoms with E-state index in [-0.39, 0.29) is 0 Å². The number of rotatable bonds is 3. The van der Waals surface area contributed by atoms with Crippen LogP contribution in [0.15, 0.2) is 6.07 Å². The summed E-state index contributed by atoms with van der Waals surface area (Å²) < 4.78 is 5.80. The highest BCUT2D eigenvalue weighted by Crippen LogP contribution is 2.21. The molecule has 0 radical (unpaired) electrons. The van der Waals surface area contributed by atoms with E-state index in [9.17, 15) is 0 Å². The van der Waals surface area contributed by atoms with E-state index in [0.29, 0.717) is 23.7 Å². The third kappa shape index (κ3) is 3.42. The summed E-state index contributed by atoms with van der Waals surface area (Å²) in [6.07, 6.45) is 6.61. The zero-order chi connectivity index (χ0) is 11.4. The van der Waals surface area contributed by atoms with Crippen molar-refractivity contribution in [2.24, 2.45) is 0 Å². The first-order chi connectivity index (χ1) is 7.74. The van der Waals surface area contributed by atoms with E-state index in [1.165, 1.54) is 32.1 Å². The van der Waals surface area contributed by atoms with Gasteiger partial charge in [-0.2, -0.15) is 0 Å². The van der Waals surface area contributed by atoms with Gasteiger partial charge in [0.1, 0.15) is 11.8 Å². The number of hydrogen-bond donors (Lipinski definition) is 0. The first-order valence-electron chi connectivity index (χ1n) is 5.86. The molecular formula is C12H17ClN2O. The maximum Gasteiger partial charge on any atom is 0.155 e. The quantitative estimate of drug-likeness (QED) is 0.761. The third-order valence-corrected chi connectivity index (χ3v) is 3.06. The van der Waals surface area contributed by atoms with Crippen LogP contribution in [0, 0.1) is 6.92 Å². The standard InChI is InChI=1S/C12H17ClN2O/c1-9-7-11(13)15-12(14-9)8-16-10-5-3-2-4-6-10/h7,10H,2-6,8H2,1H3. The average Bonchev–Trinajstić information content (AvgIpc) is 2.27. The Hall–Kier alpha value is -0.670. The lowest BCUT2D eigenvalue weighted by Gasteiger charge is -2.21. The number of aromatic nitrogens is 2. The van der Waals surface area contributed by atoms with Gasteiger partial charge in [0.2, 0.25) is 0 Å². The van der Waals surface area contributed by atoms with E-state index >= 15 is 0 Å². The van der Waals surface area contributed by atoms with Gasteiger partial charge >= 0.3 is 0 Å². The molecule has 1 aromatic heterocycles. The van der Waals surface area contributed by atoms with Gasteiger partial charge in [-0.15, -0.1) is 0 Å². The fourth-order valence-electron chi connectivity index (χ4n) is 2.08. The topological polar surface area (TPSA) is 35.0 Å². The van der Waals surface area contributed by atoms with E-state index in [1.807, 2.05) is 6.92 Å². The highest BCUT2D eigenvalue weighted by Gasteiger charge is 2.14. The van der Waals surface area contributed by atoms with E-state index in [0.717, 1.165) is 5.69 Å². The van der Waals surface area contributed by atoms with Crippen molar-refractivity contribution in [3.8, 4) is 0 Å². The summed E-state index contributed by atoms with van der Waals surface area (Å²) >= 11 is 5.86. The fraction of sp³-hybridized carbons (Fsp3) is 0.667. The summed E-state index contributed by atoms with van der Waals surface area (Å²) in [4.78, 5) is 8.45. The van der Waals surface area contributed by atoms with Gasteiger partial charge in [0, 0.05) is 5.69 Å². The molecule has 1 fully saturated rings. The molecule has 16 heavy (non-hydrogen) atoms. The third-order valence-electron chi connectivity index (χ3n) is 2.87. The molecule has 0 aliphatic heterocycles. The Morgan fingerprint density at radius 2 is 2.06 bits per heavy atom. The minimum Gasteiger partial charge on any atom is -0.370 e. The minimum atomic E-state index is 0.386. The minimum absolute atomic E-state index is 0.386. The molecule has 0 spiro atoms. The summed E-state index contributed by atoms with van der Waals surface area (Å²) in [5, 5.41) is 0.495. The van der Waals surface area contributed by atoms with Crippen molar-refractivity contribution >= 4 is 11.6 Å². The molecule has 1 heterocycles. The van der Waals surface area contributed by atoms with Gasteiger partial charge in [-0.25, -0.2) is 9.97 Å². The molecule has 4 heteroatoms. The Bertz CT molecular complexity index is 331. The Kier molecular flexibility index (Phi) is 4.13. The Labute approximate surface area is 101 Å². The lowest BCUT2D eigenvalue weighted by atomic mass is 9.98. The first-order valence-corrected chi connectivity index (χ1v) is 6.23. The molecule has 1 aromatic rings. The van der Waals surface area contributed by atoms with Gasteiger partial charge in [-0.1, -0.05) is 30.9 Å². The molecule has 0 aromatic carbocycles. The van der Waals surface area contributed by atoms with E-state index in [4.69, 9.17) is 16.3 Å². The smallest absolute Gasteiger partial charge is 0.155 e. The van der Waals surface area contributed by atoms with Crippen molar-refractivity contribution in [2.75, 3.05) is 0 Å². The Balaban J connectivity index is 1.88. The van der Waals surface area contributed by atoms with Gasteiger partial charge in [0.25, 0.3) is 0 Å². The average molecular weight is 241 g/mol. The second kappa shape index (κ2) is 5.60. The molecule has 2 rings (SSSR count). The van der Waals surface area contributed by atoms with Crippen LogP contribution in [-0.2, 0) is 11.3 Å². The number of hydrogen-bond acceptors (Lipinski definition) is 3. The number of halogens is 1. The molecule has 0 bridgehead atoms. The monoisotopic (exact) mass is 240 g/mol. The second-order valence-electron chi connectivity index (χ2n) is 4.32. The summed E-state index contributed by atoms with van der Waals surface area (Å²) in [5.74, 6) is 0.690. The number of nitrogens with zero attached hydrogens (tertiary/aromatic N) is 2. The zero-order valence-corrected chi connectivity index (χ0v) is 10.3. The SMILES string of the molecule is Cc1cc(Cl)nc(COC2CCCCC2)n1. The van der Waals surface area contributed by atoms with Crippen molar-refractivity contribution in [3.63, 3.8) is 0 Å². The van der Waals surface area contributed by atoms with Crippen molar-refractivity contribution in [2.45, 2.75) is 51.7 Å². The molecule has 0 amide bonds. The van der Waals surface area contributed by atoms with Crippen LogP contribution >= 0.6 is 11.6 Å². The second-order valence-corrected chi connectivity index (χ2v) is 4.71. The molecule has 0 unspecified atom stereocenters. The molecule has 88 valence electrons. The molecule has 0 N–H and O–H groups in total. The van der Waals surface area contributed by atoms with E-state index in [2.05, 4.69) is 9.97 Å². The highest BCUT2D eigenvalue weighted by molar-refractivity contribution is 6.29. The molecule has 1 saturated carbocycles. The molecule has 3 nitrogen and oxygen atoms in total. The van der Waals surface area contributed by atoms with Crippen LogP contribution in [-0.4, -0.2) is 16.1 Å². The van der Waals surface area contributed by atoms with Gasteiger partial charge in [-0.3, -0.25) is 0 Å². The highest BCUT2D eigenvalue weighted by atomic mass is 35.5. The van der Waals surface area contributed by atoms with Crippen LogP contribution < -0.4 is 0 Å². The van der Waals surface area contributed by atoms with E-state index in [1.54, 1.807) is 6.07 Å². The van der Waals surface area contributed by atoms with Crippen LogP contribution in [0.25, 0.3) is 0 Å². The summed E-state index contributed by atoms with van der Waals surface area (Å²) in [5.41, 5.74) is 0.891. The number of ether oxygens (including phenoxy) is 1. The van der Waals surface area contributed by atoms with Crippen LogP contribution in [0.3, 0.4) is 0 Å². The van der Waals surface area contributed by atoms with Crippen molar-refractivity contribution < 1.29 is 4.74 Å². The summed E-state index contributed by atoms with van der Waals surface area (Å²) in [7, 11) is 0. The maximum absolute atomic E-state index is 5.86. The van der Waals surface area contributed by atoms with Gasteiger partial charge in [0.05, 0.1) is 6.10 Å². The predicted molar refractivity (Wildman–Crippen MR) is 63.4 cm³/mol. The summed E-state index contributed by atoms with van der Waals surface area (Å²) in [6.45, 7) is 2.39. The van der Waals surface area contributed by atoms with Crippen LogP contribution in [0.1, 0.15) is 43.6 Å². The molecule has 1 aliphatic rings. The van der Waals surface area contributed by atoms with Crippen molar-refractivity contribution in [3.05, 3.63) is 22.7 Å². The molecule has 0 saturated heterocycles. The van der Waals surface area contributed by atoms with Crippen LogP contribution in [0.5, 0.6) is 0 Å². The van der Waals surface area contributed by atoms with Gasteiger partial charge in [0.15, 0.2) is 5.82 Å². The predicted octanol–water partition coefficient (Wildman–Crippen LogP) is 3.29. The van der Waals surface area contributed by atoms with Crippen molar-refractivity contribution in [1.82, 2.24) is 9.97 Å². The molecule has 1 aliphatic carbocycles. The van der Waals surface area contributed by atoms with Crippen LogP contribution in [0.4, 0.5) is 0 Å². The van der Waals surface area contributed by atoms with Gasteiger partial charge < -0.3 is 4.74 Å². The lowest BCUT2D eigenvalue weighted by molar-refractivity contribution is 0.0135. The van der Waals surface area contributed by atoms with Crippen LogP contribution in [0.2, 0.25) is 5.15 Å². The normalized spacial score (nSPS) is 17.6. The molecular weight excluding hydrogens is 224 g/mol. The van der Waals surface area contributed by atoms with Gasteiger partial charge in [-0.05, 0) is 25.8 Å². The number of aryl methyl sites for hydroxylation is 1. The lowest BCUT2D eigenvalue weighted by Crippen LogP contribution is -2.17. The summed E-state index contributed by atoms with van der Waals surface area (Å²) in [6, 6.07) is 1.76. The molecule has 0 atom stereocenters. The zero-order valence-electron chi connectivity index (χ0n) is 9.58. The maximum atomic E-state index is 5.86. The van der Waals surface area contributed by atoms with E-state index < -0.39 is 0 Å². The fourth-order valence-corrected chi connectivity index (χ4v) is 2.33. The van der Waals surface area contributed by atoms with Crippen molar-refractivity contribution in [1.29, 1.82) is 0 Å².